The van der Waals surface area contributed by atoms with Gasteiger partial charge in [0.1, 0.15) is 6.10 Å². The molecule has 1 aliphatic carbocycles. The van der Waals surface area contributed by atoms with Gasteiger partial charge in [0.05, 0.1) is 22.5 Å². The quantitative estimate of drug-likeness (QED) is 0.864. The van der Waals surface area contributed by atoms with Crippen LogP contribution in [0.1, 0.15) is 57.2 Å². The van der Waals surface area contributed by atoms with E-state index in [4.69, 9.17) is 16.3 Å². The Morgan fingerprint density at radius 2 is 2.05 bits per heavy atom. The Balaban J connectivity index is 2.33. The first-order valence-corrected chi connectivity index (χ1v) is 7.47. The van der Waals surface area contributed by atoms with Gasteiger partial charge in [0.2, 0.25) is 0 Å². The molecule has 1 unspecified atom stereocenters. The van der Waals surface area contributed by atoms with Gasteiger partial charge in [-0.2, -0.15) is 5.10 Å². The maximum Gasteiger partial charge on any atom is 0.126 e. The Morgan fingerprint density at radius 1 is 1.42 bits per heavy atom. The average molecular weight is 287 g/mol. The molecule has 108 valence electrons. The number of hydrogen-bond acceptors (Lipinski definition) is 3. The van der Waals surface area contributed by atoms with E-state index >= 15 is 0 Å². The summed E-state index contributed by atoms with van der Waals surface area (Å²) in [7, 11) is 1.69. The summed E-state index contributed by atoms with van der Waals surface area (Å²) >= 11 is 6.20. The second-order valence-corrected chi connectivity index (χ2v) is 5.69. The Hall–Kier alpha value is -0.580. The highest BCUT2D eigenvalue weighted by atomic mass is 35.5. The second kappa shape index (κ2) is 6.25. The fourth-order valence-corrected chi connectivity index (χ4v) is 3.31. The summed E-state index contributed by atoms with van der Waals surface area (Å²) in [5.74, 6) is 0. The molecular weight excluding hydrogens is 264 g/mol. The minimum Gasteiger partial charge on any atom is -0.384 e. The van der Waals surface area contributed by atoms with Crippen LogP contribution in [0.4, 0.5) is 0 Å². The van der Waals surface area contributed by atoms with Crippen molar-refractivity contribution >= 4 is 11.6 Å². The third-order valence-electron chi connectivity index (χ3n) is 4.25. The van der Waals surface area contributed by atoms with E-state index in [1.165, 1.54) is 12.8 Å². The first kappa shape index (κ1) is 14.8. The van der Waals surface area contributed by atoms with Gasteiger partial charge in [0, 0.05) is 13.7 Å². The van der Waals surface area contributed by atoms with Crippen molar-refractivity contribution in [1.82, 2.24) is 9.78 Å². The van der Waals surface area contributed by atoms with E-state index in [1.807, 2.05) is 6.92 Å². The van der Waals surface area contributed by atoms with Gasteiger partial charge in [-0.1, -0.05) is 37.3 Å². The summed E-state index contributed by atoms with van der Waals surface area (Å²) in [5, 5.41) is 15.6. The Morgan fingerprint density at radius 3 is 2.58 bits per heavy atom. The molecule has 0 aromatic carbocycles. The van der Waals surface area contributed by atoms with Crippen molar-refractivity contribution in [2.75, 3.05) is 7.11 Å². The van der Waals surface area contributed by atoms with Crippen LogP contribution in [0, 0.1) is 0 Å². The highest BCUT2D eigenvalue weighted by molar-refractivity contribution is 6.31. The molecule has 1 N–H and O–H groups in total. The Labute approximate surface area is 119 Å². The van der Waals surface area contributed by atoms with Crippen molar-refractivity contribution < 1.29 is 9.84 Å². The van der Waals surface area contributed by atoms with Gasteiger partial charge in [0.25, 0.3) is 0 Å². The van der Waals surface area contributed by atoms with Gasteiger partial charge < -0.3 is 9.84 Å². The van der Waals surface area contributed by atoms with E-state index in [-0.39, 0.29) is 0 Å². The summed E-state index contributed by atoms with van der Waals surface area (Å²) in [5.41, 5.74) is 0.167. The standard InChI is InChI=1S/C14H23ClN2O2/c1-3-17-12(11(15)10-16-17)13(18)14(19-2)8-6-4-5-7-9-14/h10,13,18H,3-9H2,1-2H3. The molecule has 1 fully saturated rings. The molecule has 1 heterocycles. The predicted molar refractivity (Wildman–Crippen MR) is 75.3 cm³/mol. The zero-order valence-corrected chi connectivity index (χ0v) is 12.5. The molecule has 0 bridgehead atoms. The number of halogens is 1. The maximum absolute atomic E-state index is 10.8. The van der Waals surface area contributed by atoms with Gasteiger partial charge in [-0.25, -0.2) is 0 Å². The van der Waals surface area contributed by atoms with Crippen molar-refractivity contribution in [2.45, 2.75) is 63.7 Å². The first-order chi connectivity index (χ1) is 9.14. The number of aryl methyl sites for hydroxylation is 1. The molecule has 0 spiro atoms. The fourth-order valence-electron chi connectivity index (χ4n) is 3.06. The number of hydrogen-bond donors (Lipinski definition) is 1. The minimum atomic E-state index is -0.717. The topological polar surface area (TPSA) is 47.3 Å². The van der Waals surface area contributed by atoms with Crippen LogP contribution in [0.25, 0.3) is 0 Å². The number of ether oxygens (including phenoxy) is 1. The lowest BCUT2D eigenvalue weighted by molar-refractivity contribution is -0.116. The van der Waals surface area contributed by atoms with Crippen molar-refractivity contribution in [2.24, 2.45) is 0 Å². The van der Waals surface area contributed by atoms with E-state index in [0.29, 0.717) is 17.3 Å². The molecule has 1 aromatic heterocycles. The van der Waals surface area contributed by atoms with Crippen LogP contribution in [0.5, 0.6) is 0 Å². The highest BCUT2D eigenvalue weighted by Crippen LogP contribution is 2.41. The summed E-state index contributed by atoms with van der Waals surface area (Å²) in [4.78, 5) is 0. The number of rotatable bonds is 4. The Bertz CT molecular complexity index is 412. The van der Waals surface area contributed by atoms with E-state index in [2.05, 4.69) is 5.10 Å². The lowest BCUT2D eigenvalue weighted by atomic mass is 9.86. The summed E-state index contributed by atoms with van der Waals surface area (Å²) in [6.07, 6.45) is 7.21. The molecule has 5 heteroatoms. The van der Waals surface area contributed by atoms with Crippen LogP contribution >= 0.6 is 11.6 Å². The van der Waals surface area contributed by atoms with Crippen molar-refractivity contribution in [1.29, 1.82) is 0 Å². The number of nitrogens with zero attached hydrogens (tertiary/aromatic N) is 2. The SMILES string of the molecule is CCn1ncc(Cl)c1C(O)C1(OC)CCCCCC1. The number of aliphatic hydroxyl groups excluding tert-OH is 1. The summed E-state index contributed by atoms with van der Waals surface area (Å²) in [6, 6.07) is 0. The van der Waals surface area contributed by atoms with Gasteiger partial charge in [0.15, 0.2) is 0 Å². The van der Waals surface area contributed by atoms with Crippen LogP contribution in [0.3, 0.4) is 0 Å². The monoisotopic (exact) mass is 286 g/mol. The third-order valence-corrected chi connectivity index (χ3v) is 4.54. The van der Waals surface area contributed by atoms with Crippen LogP contribution < -0.4 is 0 Å². The van der Waals surface area contributed by atoms with Crippen molar-refractivity contribution in [3.8, 4) is 0 Å². The number of aromatic nitrogens is 2. The Kier molecular flexibility index (Phi) is 4.87. The third kappa shape index (κ3) is 2.81. The average Bonchev–Trinajstić information content (AvgIpc) is 2.65. The van der Waals surface area contributed by atoms with E-state index in [1.54, 1.807) is 18.0 Å². The first-order valence-electron chi connectivity index (χ1n) is 7.09. The van der Waals surface area contributed by atoms with E-state index in [9.17, 15) is 5.11 Å². The maximum atomic E-state index is 10.8. The van der Waals surface area contributed by atoms with Gasteiger partial charge >= 0.3 is 0 Å². The van der Waals surface area contributed by atoms with Crippen LogP contribution in [-0.4, -0.2) is 27.6 Å². The van der Waals surface area contributed by atoms with E-state index < -0.39 is 11.7 Å². The van der Waals surface area contributed by atoms with Crippen LogP contribution in [-0.2, 0) is 11.3 Å². The zero-order chi connectivity index (χ0) is 13.9. The normalized spacial score (nSPS) is 21.1. The molecule has 1 aromatic rings. The lowest BCUT2D eigenvalue weighted by Gasteiger charge is -2.36. The molecule has 0 saturated heterocycles. The fraction of sp³-hybridized carbons (Fsp3) is 0.786. The molecule has 19 heavy (non-hydrogen) atoms. The molecule has 1 aliphatic rings. The van der Waals surface area contributed by atoms with Crippen molar-refractivity contribution in [3.05, 3.63) is 16.9 Å². The molecule has 1 saturated carbocycles. The van der Waals surface area contributed by atoms with Crippen molar-refractivity contribution in [3.63, 3.8) is 0 Å². The molecule has 4 nitrogen and oxygen atoms in total. The van der Waals surface area contributed by atoms with E-state index in [0.717, 1.165) is 25.7 Å². The number of aliphatic hydroxyl groups is 1. The smallest absolute Gasteiger partial charge is 0.126 e. The molecular formula is C14H23ClN2O2. The van der Waals surface area contributed by atoms with Gasteiger partial charge in [-0.3, -0.25) is 4.68 Å². The lowest BCUT2D eigenvalue weighted by Crippen LogP contribution is -2.39. The zero-order valence-electron chi connectivity index (χ0n) is 11.7. The summed E-state index contributed by atoms with van der Waals surface area (Å²) < 4.78 is 7.51. The largest absolute Gasteiger partial charge is 0.384 e. The van der Waals surface area contributed by atoms with Gasteiger partial charge in [-0.05, 0) is 19.8 Å². The van der Waals surface area contributed by atoms with Crippen LogP contribution in [0.2, 0.25) is 5.02 Å². The van der Waals surface area contributed by atoms with Crippen LogP contribution in [0.15, 0.2) is 6.20 Å². The highest BCUT2D eigenvalue weighted by Gasteiger charge is 2.41. The molecule has 2 rings (SSSR count). The predicted octanol–water partition coefficient (Wildman–Crippen LogP) is 3.33. The minimum absolute atomic E-state index is 0.521. The molecule has 1 atom stereocenters. The number of methoxy groups -OCH3 is 1. The second-order valence-electron chi connectivity index (χ2n) is 5.28. The molecule has 0 amide bonds. The molecule has 0 aliphatic heterocycles. The summed E-state index contributed by atoms with van der Waals surface area (Å²) in [6.45, 7) is 2.69. The molecule has 0 radical (unpaired) electrons. The van der Waals surface area contributed by atoms with Gasteiger partial charge in [-0.15, -0.1) is 0 Å².